The van der Waals surface area contributed by atoms with Gasteiger partial charge >= 0.3 is 0 Å². The predicted octanol–water partition coefficient (Wildman–Crippen LogP) is 3.77. The molecule has 0 aliphatic heterocycles. The number of rotatable bonds is 0. The number of imidazole rings is 1. The van der Waals surface area contributed by atoms with Gasteiger partial charge < -0.3 is 4.40 Å². The first-order valence-electron chi connectivity index (χ1n) is 5.50. The van der Waals surface area contributed by atoms with Crippen LogP contribution in [0.2, 0.25) is 10.0 Å². The van der Waals surface area contributed by atoms with Crippen LogP contribution in [0.3, 0.4) is 0 Å². The smallest absolute Gasteiger partial charge is 0.156 e. The Morgan fingerprint density at radius 1 is 1.44 bits per heavy atom. The SMILES string of the molecule is CC1CCc2nc3c(Cl)cc(Cl)cn3c2C1. The van der Waals surface area contributed by atoms with Crippen molar-refractivity contribution in [3.8, 4) is 0 Å². The quantitative estimate of drug-likeness (QED) is 0.700. The molecule has 84 valence electrons. The van der Waals surface area contributed by atoms with E-state index >= 15 is 0 Å². The molecule has 16 heavy (non-hydrogen) atoms. The molecule has 0 fully saturated rings. The molecule has 0 bridgehead atoms. The molecule has 2 aromatic heterocycles. The van der Waals surface area contributed by atoms with Crippen molar-refractivity contribution in [3.63, 3.8) is 0 Å². The molecule has 1 atom stereocenters. The molecule has 2 nitrogen and oxygen atoms in total. The molecule has 1 aliphatic carbocycles. The van der Waals surface area contributed by atoms with E-state index in [2.05, 4.69) is 16.3 Å². The lowest BCUT2D eigenvalue weighted by molar-refractivity contribution is 0.488. The maximum atomic E-state index is 6.15. The largest absolute Gasteiger partial charge is 0.301 e. The van der Waals surface area contributed by atoms with E-state index in [9.17, 15) is 0 Å². The van der Waals surface area contributed by atoms with Gasteiger partial charge in [0.2, 0.25) is 0 Å². The minimum absolute atomic E-state index is 0.634. The summed E-state index contributed by atoms with van der Waals surface area (Å²) in [7, 11) is 0. The second-order valence-corrected chi connectivity index (χ2v) is 5.40. The lowest BCUT2D eigenvalue weighted by Crippen LogP contribution is -2.12. The number of hydrogen-bond donors (Lipinski definition) is 0. The Hall–Kier alpha value is -0.730. The fraction of sp³-hybridized carbons (Fsp3) is 0.417. The molecule has 2 aromatic rings. The van der Waals surface area contributed by atoms with Gasteiger partial charge in [-0.25, -0.2) is 4.98 Å². The molecule has 1 unspecified atom stereocenters. The molecule has 0 saturated heterocycles. The Balaban J connectivity index is 2.30. The number of hydrogen-bond acceptors (Lipinski definition) is 1. The maximum Gasteiger partial charge on any atom is 0.156 e. The second kappa shape index (κ2) is 3.64. The Bertz CT molecular complexity index is 560. The topological polar surface area (TPSA) is 17.3 Å². The molecule has 0 saturated carbocycles. The van der Waals surface area contributed by atoms with Crippen molar-refractivity contribution in [3.05, 3.63) is 33.7 Å². The van der Waals surface area contributed by atoms with Crippen LogP contribution >= 0.6 is 23.2 Å². The molecule has 0 spiro atoms. The highest BCUT2D eigenvalue weighted by molar-refractivity contribution is 6.36. The Morgan fingerprint density at radius 2 is 2.25 bits per heavy atom. The van der Waals surface area contributed by atoms with E-state index in [4.69, 9.17) is 23.2 Å². The van der Waals surface area contributed by atoms with Gasteiger partial charge in [0.15, 0.2) is 5.65 Å². The normalized spacial score (nSPS) is 20.1. The van der Waals surface area contributed by atoms with Crippen LogP contribution in [0.1, 0.15) is 24.7 Å². The first-order valence-corrected chi connectivity index (χ1v) is 6.25. The summed E-state index contributed by atoms with van der Waals surface area (Å²) in [6.07, 6.45) is 5.23. The Morgan fingerprint density at radius 3 is 3.06 bits per heavy atom. The van der Waals surface area contributed by atoms with Crippen molar-refractivity contribution in [1.82, 2.24) is 9.38 Å². The summed E-state index contributed by atoms with van der Waals surface area (Å²) in [6, 6.07) is 1.75. The van der Waals surface area contributed by atoms with E-state index in [-0.39, 0.29) is 0 Å². The van der Waals surface area contributed by atoms with Crippen LogP contribution in [0, 0.1) is 5.92 Å². The van der Waals surface area contributed by atoms with Gasteiger partial charge in [-0.15, -0.1) is 0 Å². The predicted molar refractivity (Wildman–Crippen MR) is 66.4 cm³/mol. The highest BCUT2D eigenvalue weighted by Gasteiger charge is 2.21. The minimum atomic E-state index is 0.634. The van der Waals surface area contributed by atoms with Crippen molar-refractivity contribution in [1.29, 1.82) is 0 Å². The van der Waals surface area contributed by atoms with Crippen LogP contribution < -0.4 is 0 Å². The number of nitrogens with zero attached hydrogens (tertiary/aromatic N) is 2. The number of pyridine rings is 1. The van der Waals surface area contributed by atoms with Crippen molar-refractivity contribution < 1.29 is 0 Å². The van der Waals surface area contributed by atoms with Crippen LogP contribution in [-0.2, 0) is 12.8 Å². The highest BCUT2D eigenvalue weighted by atomic mass is 35.5. The van der Waals surface area contributed by atoms with Crippen LogP contribution in [-0.4, -0.2) is 9.38 Å². The number of aryl methyl sites for hydroxylation is 1. The summed E-state index contributed by atoms with van der Waals surface area (Å²) in [4.78, 5) is 4.60. The van der Waals surface area contributed by atoms with E-state index in [1.165, 1.54) is 17.8 Å². The third-order valence-corrected chi connectivity index (χ3v) is 3.72. The molecule has 0 radical (unpaired) electrons. The summed E-state index contributed by atoms with van der Waals surface area (Å²) in [5.41, 5.74) is 3.30. The minimum Gasteiger partial charge on any atom is -0.301 e. The van der Waals surface area contributed by atoms with Crippen molar-refractivity contribution in [2.45, 2.75) is 26.2 Å². The Labute approximate surface area is 104 Å². The standard InChI is InChI=1S/C12H12Cl2N2/c1-7-2-3-10-11(4-7)16-6-8(13)5-9(14)12(16)15-10/h5-7H,2-4H2,1H3. The van der Waals surface area contributed by atoms with Gasteiger partial charge in [-0.2, -0.15) is 0 Å². The van der Waals surface area contributed by atoms with Crippen LogP contribution in [0.25, 0.3) is 5.65 Å². The lowest BCUT2D eigenvalue weighted by Gasteiger charge is -2.17. The maximum absolute atomic E-state index is 6.15. The highest BCUT2D eigenvalue weighted by Crippen LogP contribution is 2.30. The molecule has 0 aromatic carbocycles. The van der Waals surface area contributed by atoms with Gasteiger partial charge in [0.25, 0.3) is 0 Å². The van der Waals surface area contributed by atoms with E-state index in [1.807, 2.05) is 6.20 Å². The molecule has 3 rings (SSSR count). The van der Waals surface area contributed by atoms with Gasteiger partial charge in [-0.05, 0) is 31.2 Å². The van der Waals surface area contributed by atoms with Crippen LogP contribution in [0.5, 0.6) is 0 Å². The summed E-state index contributed by atoms with van der Waals surface area (Å²) in [6.45, 7) is 2.27. The van der Waals surface area contributed by atoms with E-state index < -0.39 is 0 Å². The van der Waals surface area contributed by atoms with Gasteiger partial charge in [0.05, 0.1) is 15.7 Å². The molecule has 0 amide bonds. The number of fused-ring (bicyclic) bond motifs is 3. The fourth-order valence-corrected chi connectivity index (χ4v) is 2.91. The molecule has 0 N–H and O–H groups in total. The number of halogens is 2. The first kappa shape index (κ1) is 10.4. The molecule has 1 aliphatic rings. The third-order valence-electron chi connectivity index (χ3n) is 3.24. The zero-order valence-electron chi connectivity index (χ0n) is 9.00. The zero-order chi connectivity index (χ0) is 11.3. The zero-order valence-corrected chi connectivity index (χ0v) is 10.5. The lowest BCUT2D eigenvalue weighted by atomic mass is 9.91. The fourth-order valence-electron chi connectivity index (χ4n) is 2.40. The molecule has 2 heterocycles. The van der Waals surface area contributed by atoms with Gasteiger partial charge in [-0.3, -0.25) is 0 Å². The van der Waals surface area contributed by atoms with Crippen LogP contribution in [0.4, 0.5) is 0 Å². The summed E-state index contributed by atoms with van der Waals surface area (Å²) >= 11 is 12.2. The average molecular weight is 255 g/mol. The molecular weight excluding hydrogens is 243 g/mol. The second-order valence-electron chi connectivity index (χ2n) is 4.55. The van der Waals surface area contributed by atoms with Crippen molar-refractivity contribution >= 4 is 28.8 Å². The average Bonchev–Trinajstić information content (AvgIpc) is 2.57. The monoisotopic (exact) mass is 254 g/mol. The van der Waals surface area contributed by atoms with Crippen molar-refractivity contribution in [2.24, 2.45) is 5.92 Å². The van der Waals surface area contributed by atoms with Gasteiger partial charge in [0.1, 0.15) is 0 Å². The van der Waals surface area contributed by atoms with E-state index in [1.54, 1.807) is 6.07 Å². The molecular formula is C12H12Cl2N2. The summed E-state index contributed by atoms with van der Waals surface area (Å²) in [5, 5.41) is 1.30. The van der Waals surface area contributed by atoms with E-state index in [0.29, 0.717) is 16.0 Å². The van der Waals surface area contributed by atoms with E-state index in [0.717, 1.165) is 18.5 Å². The van der Waals surface area contributed by atoms with Gasteiger partial charge in [0, 0.05) is 11.9 Å². The summed E-state index contributed by atoms with van der Waals surface area (Å²) < 4.78 is 2.05. The van der Waals surface area contributed by atoms with Gasteiger partial charge in [-0.1, -0.05) is 30.1 Å². The Kier molecular flexibility index (Phi) is 2.37. The first-order chi connectivity index (χ1) is 7.65. The number of aromatic nitrogens is 2. The summed E-state index contributed by atoms with van der Waals surface area (Å²) in [5.74, 6) is 0.713. The van der Waals surface area contributed by atoms with Crippen LogP contribution in [0.15, 0.2) is 12.3 Å². The van der Waals surface area contributed by atoms with Crippen molar-refractivity contribution in [2.75, 3.05) is 0 Å². The third kappa shape index (κ3) is 1.52. The molecule has 4 heteroatoms.